The zero-order chi connectivity index (χ0) is 17.7. The van der Waals surface area contributed by atoms with Crippen LogP contribution in [0.3, 0.4) is 0 Å². The largest absolute Gasteiger partial charge is 0.334 e. The van der Waals surface area contributed by atoms with E-state index in [0.717, 1.165) is 23.2 Å². The zero-order valence-electron chi connectivity index (χ0n) is 14.6. The molecule has 130 valence electrons. The number of likely N-dealkylation sites (tertiary alicyclic amines) is 1. The maximum absolute atomic E-state index is 13.6. The van der Waals surface area contributed by atoms with E-state index in [-0.39, 0.29) is 17.8 Å². The van der Waals surface area contributed by atoms with E-state index in [4.69, 9.17) is 5.73 Å². The highest BCUT2D eigenvalue weighted by molar-refractivity contribution is 6.01. The molecule has 0 bridgehead atoms. The van der Waals surface area contributed by atoms with Gasteiger partial charge in [0.1, 0.15) is 5.82 Å². The van der Waals surface area contributed by atoms with Crippen LogP contribution < -0.4 is 5.73 Å². The monoisotopic (exact) mass is 338 g/mol. The Morgan fingerprint density at radius 2 is 2.04 bits per heavy atom. The van der Waals surface area contributed by atoms with Gasteiger partial charge in [0, 0.05) is 24.7 Å². The van der Waals surface area contributed by atoms with Gasteiger partial charge in [0.15, 0.2) is 0 Å². The summed E-state index contributed by atoms with van der Waals surface area (Å²) in [5.74, 6) is 1.02. The number of hydrogen-bond donors (Lipinski definition) is 1. The molecule has 3 nitrogen and oxygen atoms in total. The third-order valence-electron chi connectivity index (χ3n) is 5.68. The molecule has 0 radical (unpaired) electrons. The Kier molecular flexibility index (Phi) is 3.88. The number of nitrogens with two attached hydrogens (primary N) is 1. The maximum Gasteiger partial charge on any atom is 0.254 e. The molecule has 1 saturated heterocycles. The van der Waals surface area contributed by atoms with Gasteiger partial charge in [0.25, 0.3) is 5.91 Å². The van der Waals surface area contributed by atoms with Crippen LogP contribution in [-0.2, 0) is 0 Å². The Bertz CT molecular complexity index is 848. The van der Waals surface area contributed by atoms with Gasteiger partial charge in [0.2, 0.25) is 0 Å². The Labute approximate surface area is 147 Å². The van der Waals surface area contributed by atoms with Crippen molar-refractivity contribution in [3.05, 3.63) is 58.9 Å². The molecule has 1 heterocycles. The van der Waals surface area contributed by atoms with Crippen molar-refractivity contribution in [3.8, 4) is 11.1 Å². The molecule has 2 aromatic rings. The molecule has 3 atom stereocenters. The average molecular weight is 338 g/mol. The van der Waals surface area contributed by atoms with Crippen molar-refractivity contribution < 1.29 is 9.18 Å². The molecule has 1 aliphatic heterocycles. The highest BCUT2D eigenvalue weighted by Gasteiger charge is 2.53. The van der Waals surface area contributed by atoms with Crippen LogP contribution in [0.25, 0.3) is 11.1 Å². The lowest BCUT2D eigenvalue weighted by atomic mass is 9.95. The van der Waals surface area contributed by atoms with Gasteiger partial charge in [-0.3, -0.25) is 4.79 Å². The summed E-state index contributed by atoms with van der Waals surface area (Å²) in [7, 11) is 0. The topological polar surface area (TPSA) is 46.3 Å². The van der Waals surface area contributed by atoms with Gasteiger partial charge < -0.3 is 10.6 Å². The van der Waals surface area contributed by atoms with E-state index >= 15 is 0 Å². The quantitative estimate of drug-likeness (QED) is 0.931. The van der Waals surface area contributed by atoms with Gasteiger partial charge in [0.05, 0.1) is 0 Å². The Balaban J connectivity index is 1.75. The van der Waals surface area contributed by atoms with Crippen LogP contribution >= 0.6 is 0 Å². The number of amides is 1. The first-order valence-electron chi connectivity index (χ1n) is 8.88. The molecule has 0 unspecified atom stereocenters. The third-order valence-corrected chi connectivity index (χ3v) is 5.68. The molecular formula is C21H23FN2O. The van der Waals surface area contributed by atoms with Crippen LogP contribution in [-0.4, -0.2) is 29.9 Å². The maximum atomic E-state index is 13.6. The van der Waals surface area contributed by atoms with Crippen molar-refractivity contribution in [2.45, 2.75) is 26.3 Å². The standard InChI is InChI=1S/C21H23FN2O/c1-12-3-5-16(14-4-6-19(22)13(2)8-14)18(7-12)21(25)24-11-15-9-17(15)20(24)10-23/h3-8,15,17,20H,9-11,23H2,1-2H3/t15-,17-,20-/m1/s1. The summed E-state index contributed by atoms with van der Waals surface area (Å²) in [6.07, 6.45) is 1.20. The third kappa shape index (κ3) is 2.74. The van der Waals surface area contributed by atoms with E-state index in [1.165, 1.54) is 12.5 Å². The fourth-order valence-corrected chi connectivity index (χ4v) is 4.16. The second-order valence-electron chi connectivity index (χ2n) is 7.43. The molecule has 2 aromatic carbocycles. The van der Waals surface area contributed by atoms with E-state index < -0.39 is 0 Å². The smallest absolute Gasteiger partial charge is 0.254 e. The number of nitrogens with zero attached hydrogens (tertiary/aromatic N) is 1. The minimum atomic E-state index is -0.230. The predicted octanol–water partition coefficient (Wildman–Crippen LogP) is 3.53. The highest BCUT2D eigenvalue weighted by Crippen LogP contribution is 2.49. The number of carbonyl (C=O) groups excluding carboxylic acids is 1. The number of fused-ring (bicyclic) bond motifs is 1. The Hall–Kier alpha value is -2.20. The molecule has 1 amide bonds. The van der Waals surface area contributed by atoms with E-state index in [0.29, 0.717) is 29.5 Å². The molecule has 1 aliphatic carbocycles. The van der Waals surface area contributed by atoms with E-state index in [2.05, 4.69) is 0 Å². The van der Waals surface area contributed by atoms with Crippen LogP contribution in [0.2, 0.25) is 0 Å². The van der Waals surface area contributed by atoms with Crippen LogP contribution in [0.1, 0.15) is 27.9 Å². The van der Waals surface area contributed by atoms with Crippen LogP contribution in [0.15, 0.2) is 36.4 Å². The molecule has 4 rings (SSSR count). The minimum absolute atomic E-state index is 0.0447. The molecule has 1 saturated carbocycles. The molecule has 2 N–H and O–H groups in total. The van der Waals surface area contributed by atoms with Crippen molar-refractivity contribution in [3.63, 3.8) is 0 Å². The van der Waals surface area contributed by atoms with Crippen molar-refractivity contribution >= 4 is 5.91 Å². The number of aryl methyl sites for hydroxylation is 2. The number of halogens is 1. The first-order chi connectivity index (χ1) is 12.0. The Morgan fingerprint density at radius 1 is 1.24 bits per heavy atom. The highest BCUT2D eigenvalue weighted by atomic mass is 19.1. The molecule has 0 aromatic heterocycles. The lowest BCUT2D eigenvalue weighted by molar-refractivity contribution is 0.0713. The summed E-state index contributed by atoms with van der Waals surface area (Å²) in [5.41, 5.74) is 9.97. The van der Waals surface area contributed by atoms with Gasteiger partial charge in [-0.1, -0.05) is 23.8 Å². The molecule has 0 spiro atoms. The number of rotatable bonds is 3. The van der Waals surface area contributed by atoms with Crippen molar-refractivity contribution in [2.24, 2.45) is 17.6 Å². The lowest BCUT2D eigenvalue weighted by Crippen LogP contribution is -2.43. The van der Waals surface area contributed by atoms with E-state index in [1.807, 2.05) is 30.0 Å². The number of benzene rings is 2. The van der Waals surface area contributed by atoms with Gasteiger partial charge in [-0.2, -0.15) is 0 Å². The SMILES string of the molecule is Cc1ccc(-c2ccc(F)c(C)c2)c(C(=O)N2C[C@H]3C[C@H]3[C@H]2CN)c1. The summed E-state index contributed by atoms with van der Waals surface area (Å²) in [5, 5.41) is 0. The van der Waals surface area contributed by atoms with E-state index in [1.54, 1.807) is 19.1 Å². The fraction of sp³-hybridized carbons (Fsp3) is 0.381. The number of piperidine rings is 1. The lowest BCUT2D eigenvalue weighted by Gasteiger charge is -2.27. The average Bonchev–Trinajstić information content (AvgIpc) is 3.27. The summed E-state index contributed by atoms with van der Waals surface area (Å²) in [4.78, 5) is 15.2. The van der Waals surface area contributed by atoms with Gasteiger partial charge >= 0.3 is 0 Å². The Morgan fingerprint density at radius 3 is 2.76 bits per heavy atom. The van der Waals surface area contributed by atoms with Crippen LogP contribution in [0.5, 0.6) is 0 Å². The molecule has 25 heavy (non-hydrogen) atoms. The summed E-state index contributed by atoms with van der Waals surface area (Å²) in [6, 6.07) is 11.1. The van der Waals surface area contributed by atoms with Crippen LogP contribution in [0.4, 0.5) is 4.39 Å². The fourth-order valence-electron chi connectivity index (χ4n) is 4.16. The minimum Gasteiger partial charge on any atom is -0.334 e. The van der Waals surface area contributed by atoms with Crippen molar-refractivity contribution in [1.82, 2.24) is 4.90 Å². The van der Waals surface area contributed by atoms with Crippen molar-refractivity contribution in [1.29, 1.82) is 0 Å². The summed E-state index contributed by atoms with van der Waals surface area (Å²) >= 11 is 0. The van der Waals surface area contributed by atoms with E-state index in [9.17, 15) is 9.18 Å². The van der Waals surface area contributed by atoms with Gasteiger partial charge in [-0.05, 0) is 67.0 Å². The van der Waals surface area contributed by atoms with Gasteiger partial charge in [-0.25, -0.2) is 4.39 Å². The van der Waals surface area contributed by atoms with Gasteiger partial charge in [-0.15, -0.1) is 0 Å². The number of hydrogen-bond acceptors (Lipinski definition) is 2. The summed E-state index contributed by atoms with van der Waals surface area (Å²) in [6.45, 7) is 5.05. The van der Waals surface area contributed by atoms with Crippen LogP contribution in [0, 0.1) is 31.5 Å². The summed E-state index contributed by atoms with van der Waals surface area (Å²) < 4.78 is 13.6. The zero-order valence-corrected chi connectivity index (χ0v) is 14.6. The first kappa shape index (κ1) is 16.3. The molecule has 2 fully saturated rings. The second-order valence-corrected chi connectivity index (χ2v) is 7.43. The second kappa shape index (κ2) is 5.95. The molecule has 2 aliphatic rings. The first-order valence-corrected chi connectivity index (χ1v) is 8.88. The normalized spacial score (nSPS) is 24.3. The molecule has 4 heteroatoms. The number of carbonyl (C=O) groups is 1. The van der Waals surface area contributed by atoms with Crippen molar-refractivity contribution in [2.75, 3.05) is 13.1 Å². The molecular weight excluding hydrogens is 315 g/mol. The predicted molar refractivity (Wildman–Crippen MR) is 96.8 cm³/mol.